The highest BCUT2D eigenvalue weighted by molar-refractivity contribution is 7.18. The molecule has 4 aromatic rings. The van der Waals surface area contributed by atoms with Gasteiger partial charge in [0.2, 0.25) is 0 Å². The predicted molar refractivity (Wildman–Crippen MR) is 88.8 cm³/mol. The first kappa shape index (κ1) is 13.1. The van der Waals surface area contributed by atoms with Gasteiger partial charge < -0.3 is 4.98 Å². The number of nitrogens with zero attached hydrogens (tertiary/aromatic N) is 4. The Kier molecular flexibility index (Phi) is 3.17. The molecule has 4 aromatic heterocycles. The maximum Gasteiger partial charge on any atom is 0.283 e. The first-order valence-corrected chi connectivity index (χ1v) is 8.14. The van der Waals surface area contributed by atoms with Crippen LogP contribution in [0.2, 0.25) is 0 Å². The molecular formula is C14H9N5OS2. The summed E-state index contributed by atoms with van der Waals surface area (Å²) in [5.41, 5.74) is 1.46. The third kappa shape index (κ3) is 2.18. The number of rotatable bonds is 3. The summed E-state index contributed by atoms with van der Waals surface area (Å²) < 4.78 is 1.24. The molecule has 0 atom stereocenters. The van der Waals surface area contributed by atoms with Gasteiger partial charge in [0.05, 0.1) is 29.8 Å². The van der Waals surface area contributed by atoms with Crippen LogP contribution in [-0.4, -0.2) is 25.8 Å². The van der Waals surface area contributed by atoms with Gasteiger partial charge in [-0.15, -0.1) is 22.7 Å². The molecule has 22 heavy (non-hydrogen) atoms. The Hall–Kier alpha value is -2.58. The van der Waals surface area contributed by atoms with Crippen molar-refractivity contribution in [3.05, 3.63) is 57.8 Å². The lowest BCUT2D eigenvalue weighted by atomic mass is 10.2. The molecule has 0 aliphatic heterocycles. The minimum atomic E-state index is -0.176. The lowest BCUT2D eigenvalue weighted by molar-refractivity contribution is 0.818. The minimum Gasteiger partial charge on any atom is -0.344 e. The van der Waals surface area contributed by atoms with E-state index in [4.69, 9.17) is 0 Å². The van der Waals surface area contributed by atoms with Gasteiger partial charge in [0.25, 0.3) is 5.56 Å². The summed E-state index contributed by atoms with van der Waals surface area (Å²) in [7, 11) is 0. The molecule has 0 aliphatic rings. The summed E-state index contributed by atoms with van der Waals surface area (Å²) in [5.74, 6) is 0. The zero-order valence-corrected chi connectivity index (χ0v) is 12.8. The third-order valence-corrected chi connectivity index (χ3v) is 4.89. The van der Waals surface area contributed by atoms with Crippen molar-refractivity contribution in [3.8, 4) is 10.4 Å². The molecular weight excluding hydrogens is 318 g/mol. The average molecular weight is 327 g/mol. The molecule has 0 spiro atoms. The number of imidazole rings is 1. The van der Waals surface area contributed by atoms with Crippen molar-refractivity contribution in [2.24, 2.45) is 5.10 Å². The molecule has 0 saturated carbocycles. The van der Waals surface area contributed by atoms with Crippen molar-refractivity contribution in [2.45, 2.75) is 0 Å². The Bertz CT molecular complexity index is 996. The average Bonchev–Trinajstić information content (AvgIpc) is 3.27. The number of nitrogens with one attached hydrogen (secondary N) is 1. The molecule has 1 N–H and O–H groups in total. The van der Waals surface area contributed by atoms with Gasteiger partial charge in [-0.3, -0.25) is 4.79 Å². The molecule has 0 unspecified atom stereocenters. The summed E-state index contributed by atoms with van der Waals surface area (Å²) in [5, 5.41) is 8.72. The van der Waals surface area contributed by atoms with Crippen LogP contribution < -0.4 is 5.56 Å². The normalized spacial score (nSPS) is 11.6. The Morgan fingerprint density at radius 1 is 1.36 bits per heavy atom. The lowest BCUT2D eigenvalue weighted by Crippen LogP contribution is -2.16. The summed E-state index contributed by atoms with van der Waals surface area (Å²) in [6.45, 7) is 0. The highest BCUT2D eigenvalue weighted by Crippen LogP contribution is 2.33. The quantitative estimate of drug-likeness (QED) is 0.588. The monoisotopic (exact) mass is 327 g/mol. The van der Waals surface area contributed by atoms with E-state index in [0.717, 1.165) is 21.0 Å². The van der Waals surface area contributed by atoms with Crippen LogP contribution in [0.3, 0.4) is 0 Å². The largest absolute Gasteiger partial charge is 0.344 e. The summed E-state index contributed by atoms with van der Waals surface area (Å²) in [6.07, 6.45) is 6.16. The molecule has 4 rings (SSSR count). The van der Waals surface area contributed by atoms with Crippen molar-refractivity contribution < 1.29 is 0 Å². The van der Waals surface area contributed by atoms with Crippen LogP contribution in [0.4, 0.5) is 0 Å². The van der Waals surface area contributed by atoms with E-state index < -0.39 is 0 Å². The predicted octanol–water partition coefficient (Wildman–Crippen LogP) is 2.79. The molecule has 0 aliphatic carbocycles. The second-order valence-electron chi connectivity index (χ2n) is 4.45. The summed E-state index contributed by atoms with van der Waals surface area (Å²) in [4.78, 5) is 25.6. The molecule has 0 saturated heterocycles. The zero-order valence-electron chi connectivity index (χ0n) is 11.1. The van der Waals surface area contributed by atoms with Gasteiger partial charge in [-0.2, -0.15) is 9.78 Å². The van der Waals surface area contributed by atoms with E-state index in [9.17, 15) is 4.79 Å². The number of hydrogen-bond acceptors (Lipinski definition) is 6. The van der Waals surface area contributed by atoms with E-state index in [-0.39, 0.29) is 5.56 Å². The number of H-pyrrole nitrogens is 1. The first-order chi connectivity index (χ1) is 10.8. The zero-order chi connectivity index (χ0) is 14.9. The Balaban J connectivity index is 1.86. The number of thiophene rings is 2. The minimum absolute atomic E-state index is 0.176. The highest BCUT2D eigenvalue weighted by atomic mass is 32.1. The van der Waals surface area contributed by atoms with Crippen molar-refractivity contribution >= 4 is 39.1 Å². The standard InChI is InChI=1S/C14H9N5OS2/c20-14-12-10(11-2-1-3-21-11)6-22-13(12)17-8-19(14)18-5-9-4-15-7-16-9/h1-8H,(H,15,16)/b18-5+. The van der Waals surface area contributed by atoms with E-state index in [1.165, 1.54) is 22.3 Å². The van der Waals surface area contributed by atoms with Gasteiger partial charge in [0, 0.05) is 15.8 Å². The summed E-state index contributed by atoms with van der Waals surface area (Å²) >= 11 is 3.07. The summed E-state index contributed by atoms with van der Waals surface area (Å²) in [6, 6.07) is 3.96. The molecule has 108 valence electrons. The molecule has 0 bridgehead atoms. The second kappa shape index (κ2) is 5.32. The topological polar surface area (TPSA) is 75.9 Å². The SMILES string of the molecule is O=c1c2c(-c3cccs3)csc2ncn1/N=C/c1cnc[nH]1. The Labute approximate surface area is 132 Å². The van der Waals surface area contributed by atoms with E-state index in [1.807, 2.05) is 22.9 Å². The van der Waals surface area contributed by atoms with Crippen LogP contribution in [0.25, 0.3) is 20.7 Å². The molecule has 0 amide bonds. The fraction of sp³-hybridized carbons (Fsp3) is 0. The van der Waals surface area contributed by atoms with Gasteiger partial charge in [-0.25, -0.2) is 9.97 Å². The maximum absolute atomic E-state index is 12.7. The number of hydrogen-bond donors (Lipinski definition) is 1. The van der Waals surface area contributed by atoms with E-state index in [2.05, 4.69) is 20.1 Å². The van der Waals surface area contributed by atoms with Gasteiger partial charge in [-0.1, -0.05) is 6.07 Å². The van der Waals surface area contributed by atoms with Gasteiger partial charge >= 0.3 is 0 Å². The molecule has 0 radical (unpaired) electrons. The van der Waals surface area contributed by atoms with E-state index in [1.54, 1.807) is 30.1 Å². The van der Waals surface area contributed by atoms with Crippen molar-refractivity contribution in [1.29, 1.82) is 0 Å². The first-order valence-electron chi connectivity index (χ1n) is 6.38. The van der Waals surface area contributed by atoms with Crippen LogP contribution >= 0.6 is 22.7 Å². The van der Waals surface area contributed by atoms with Gasteiger partial charge in [-0.05, 0) is 11.4 Å². The van der Waals surface area contributed by atoms with Gasteiger partial charge in [0.15, 0.2) is 0 Å². The number of fused-ring (bicyclic) bond motifs is 1. The molecule has 8 heteroatoms. The van der Waals surface area contributed by atoms with Gasteiger partial charge in [0.1, 0.15) is 11.2 Å². The Morgan fingerprint density at radius 3 is 3.09 bits per heavy atom. The van der Waals surface area contributed by atoms with Crippen LogP contribution in [0, 0.1) is 0 Å². The maximum atomic E-state index is 12.7. The van der Waals surface area contributed by atoms with Crippen LogP contribution in [0.5, 0.6) is 0 Å². The van der Waals surface area contributed by atoms with Crippen LogP contribution in [0.15, 0.2) is 51.6 Å². The lowest BCUT2D eigenvalue weighted by Gasteiger charge is -1.99. The fourth-order valence-corrected chi connectivity index (χ4v) is 3.80. The van der Waals surface area contributed by atoms with Crippen molar-refractivity contribution in [3.63, 3.8) is 0 Å². The number of aromatic nitrogens is 4. The molecule has 0 aromatic carbocycles. The molecule has 4 heterocycles. The second-order valence-corrected chi connectivity index (χ2v) is 6.26. The fourth-order valence-electron chi connectivity index (χ4n) is 2.08. The van der Waals surface area contributed by atoms with Crippen LogP contribution in [-0.2, 0) is 0 Å². The molecule has 6 nitrogen and oxygen atoms in total. The van der Waals surface area contributed by atoms with Crippen LogP contribution in [0.1, 0.15) is 5.69 Å². The van der Waals surface area contributed by atoms with Crippen molar-refractivity contribution in [1.82, 2.24) is 19.6 Å². The Morgan fingerprint density at radius 2 is 2.32 bits per heavy atom. The van der Waals surface area contributed by atoms with Crippen molar-refractivity contribution in [2.75, 3.05) is 0 Å². The van der Waals surface area contributed by atoms with E-state index in [0.29, 0.717) is 5.39 Å². The number of aromatic amines is 1. The van der Waals surface area contributed by atoms with E-state index >= 15 is 0 Å². The smallest absolute Gasteiger partial charge is 0.283 e. The molecule has 0 fully saturated rings. The third-order valence-electron chi connectivity index (χ3n) is 3.11. The highest BCUT2D eigenvalue weighted by Gasteiger charge is 2.13.